The van der Waals surface area contributed by atoms with Gasteiger partial charge in [-0.05, 0) is 12.8 Å². The molecule has 3 heteroatoms. The molecule has 0 aliphatic rings. The molecule has 0 bridgehead atoms. The van der Waals surface area contributed by atoms with Crippen LogP contribution in [0.5, 0.6) is 0 Å². The van der Waals surface area contributed by atoms with Gasteiger partial charge in [0.15, 0.2) is 6.10 Å². The first-order valence-electron chi connectivity index (χ1n) is 4.45. The molecule has 0 aliphatic carbocycles. The summed E-state index contributed by atoms with van der Waals surface area (Å²) in [6.07, 6.45) is 2.24. The minimum Gasteiger partial charge on any atom is -0.464 e. The monoisotopic (exact) mass is 174 g/mol. The van der Waals surface area contributed by atoms with E-state index in [1.54, 1.807) is 0 Å². The van der Waals surface area contributed by atoms with Crippen LogP contribution in [0, 0.1) is 0 Å². The van der Waals surface area contributed by atoms with E-state index in [0.717, 1.165) is 12.8 Å². The third-order valence-corrected chi connectivity index (χ3v) is 1.66. The number of unbranched alkanes of at least 4 members (excludes halogenated alkanes) is 1. The second-order valence-electron chi connectivity index (χ2n) is 2.65. The SMILES string of the molecule is CCCCOC(=O)[C@H](CC)OC. The van der Waals surface area contributed by atoms with Gasteiger partial charge in [-0.1, -0.05) is 20.3 Å². The number of esters is 1. The Hall–Kier alpha value is -0.570. The molecule has 0 fully saturated rings. The first-order valence-corrected chi connectivity index (χ1v) is 4.45. The van der Waals surface area contributed by atoms with Crippen LogP contribution in [0.25, 0.3) is 0 Å². The molecule has 0 aliphatic heterocycles. The first kappa shape index (κ1) is 11.4. The lowest BCUT2D eigenvalue weighted by Crippen LogP contribution is -2.24. The predicted molar refractivity (Wildman–Crippen MR) is 47.0 cm³/mol. The summed E-state index contributed by atoms with van der Waals surface area (Å²) in [5.74, 6) is -0.242. The zero-order chi connectivity index (χ0) is 9.40. The molecule has 0 unspecified atom stereocenters. The van der Waals surface area contributed by atoms with Gasteiger partial charge in [-0.2, -0.15) is 0 Å². The van der Waals surface area contributed by atoms with Crippen LogP contribution >= 0.6 is 0 Å². The third-order valence-electron chi connectivity index (χ3n) is 1.66. The van der Waals surface area contributed by atoms with Crippen molar-refractivity contribution in [2.24, 2.45) is 0 Å². The van der Waals surface area contributed by atoms with Crippen molar-refractivity contribution in [1.82, 2.24) is 0 Å². The summed E-state index contributed by atoms with van der Waals surface area (Å²) in [7, 11) is 1.52. The van der Waals surface area contributed by atoms with E-state index < -0.39 is 0 Å². The molecule has 12 heavy (non-hydrogen) atoms. The minimum atomic E-state index is -0.387. The van der Waals surface area contributed by atoms with Gasteiger partial charge in [0, 0.05) is 7.11 Å². The summed E-state index contributed by atoms with van der Waals surface area (Å²) in [6, 6.07) is 0. The van der Waals surface area contributed by atoms with Gasteiger partial charge in [0.05, 0.1) is 6.61 Å². The molecular weight excluding hydrogens is 156 g/mol. The van der Waals surface area contributed by atoms with Gasteiger partial charge in [0.25, 0.3) is 0 Å². The normalized spacial score (nSPS) is 12.6. The molecule has 0 aromatic rings. The van der Waals surface area contributed by atoms with Gasteiger partial charge >= 0.3 is 5.97 Å². The zero-order valence-corrected chi connectivity index (χ0v) is 8.13. The van der Waals surface area contributed by atoms with Crippen LogP contribution in [0.1, 0.15) is 33.1 Å². The van der Waals surface area contributed by atoms with Crippen LogP contribution in [0.4, 0.5) is 0 Å². The molecule has 1 atom stereocenters. The lowest BCUT2D eigenvalue weighted by atomic mass is 10.3. The van der Waals surface area contributed by atoms with E-state index >= 15 is 0 Å². The van der Waals surface area contributed by atoms with Crippen LogP contribution in [0.2, 0.25) is 0 Å². The number of methoxy groups -OCH3 is 1. The van der Waals surface area contributed by atoms with Gasteiger partial charge in [-0.3, -0.25) is 0 Å². The highest BCUT2D eigenvalue weighted by Gasteiger charge is 2.15. The summed E-state index contributed by atoms with van der Waals surface area (Å²) in [4.78, 5) is 11.1. The van der Waals surface area contributed by atoms with Crippen LogP contribution in [0.3, 0.4) is 0 Å². The molecule has 0 rings (SSSR count). The number of rotatable bonds is 6. The van der Waals surface area contributed by atoms with Gasteiger partial charge in [-0.25, -0.2) is 4.79 Å². The topological polar surface area (TPSA) is 35.5 Å². The maximum absolute atomic E-state index is 11.1. The summed E-state index contributed by atoms with van der Waals surface area (Å²) in [5.41, 5.74) is 0. The number of hydrogen-bond acceptors (Lipinski definition) is 3. The van der Waals surface area contributed by atoms with Crippen LogP contribution in [-0.2, 0) is 14.3 Å². The standard InChI is InChI=1S/C9H18O3/c1-4-6-7-12-9(10)8(5-2)11-3/h8H,4-7H2,1-3H3/t8-/m0/s1. The van der Waals surface area contributed by atoms with Gasteiger partial charge in [-0.15, -0.1) is 0 Å². The fraction of sp³-hybridized carbons (Fsp3) is 0.889. The quantitative estimate of drug-likeness (QED) is 0.454. The van der Waals surface area contributed by atoms with E-state index in [1.807, 2.05) is 6.92 Å². The summed E-state index contributed by atoms with van der Waals surface area (Å²) < 4.78 is 9.88. The highest BCUT2D eigenvalue weighted by molar-refractivity contribution is 5.74. The molecule has 0 spiro atoms. The van der Waals surface area contributed by atoms with E-state index in [4.69, 9.17) is 9.47 Å². The van der Waals surface area contributed by atoms with E-state index in [-0.39, 0.29) is 12.1 Å². The lowest BCUT2D eigenvalue weighted by Gasteiger charge is -2.11. The van der Waals surface area contributed by atoms with Crippen LogP contribution in [-0.4, -0.2) is 25.8 Å². The number of carbonyl (C=O) groups is 1. The van der Waals surface area contributed by atoms with Crippen LogP contribution in [0.15, 0.2) is 0 Å². The molecule has 0 aromatic heterocycles. The summed E-state index contributed by atoms with van der Waals surface area (Å²) >= 11 is 0. The van der Waals surface area contributed by atoms with Crippen molar-refractivity contribution in [3.63, 3.8) is 0 Å². The Balaban J connectivity index is 3.54. The van der Waals surface area contributed by atoms with E-state index in [1.165, 1.54) is 7.11 Å². The molecule has 0 N–H and O–H groups in total. The molecule has 3 nitrogen and oxygen atoms in total. The third kappa shape index (κ3) is 4.34. The smallest absolute Gasteiger partial charge is 0.335 e. The minimum absolute atomic E-state index is 0.242. The Bertz CT molecular complexity index is 119. The van der Waals surface area contributed by atoms with Gasteiger partial charge in [0.2, 0.25) is 0 Å². The maximum atomic E-state index is 11.1. The molecule has 72 valence electrons. The highest BCUT2D eigenvalue weighted by Crippen LogP contribution is 2.00. The van der Waals surface area contributed by atoms with Crippen molar-refractivity contribution in [2.75, 3.05) is 13.7 Å². The van der Waals surface area contributed by atoms with Crippen molar-refractivity contribution in [3.05, 3.63) is 0 Å². The highest BCUT2D eigenvalue weighted by atomic mass is 16.6. The average Bonchev–Trinajstić information content (AvgIpc) is 2.07. The first-order chi connectivity index (χ1) is 5.76. The lowest BCUT2D eigenvalue weighted by molar-refractivity contribution is -0.155. The maximum Gasteiger partial charge on any atom is 0.335 e. The van der Waals surface area contributed by atoms with E-state index in [2.05, 4.69) is 6.92 Å². The molecule has 0 amide bonds. The average molecular weight is 174 g/mol. The Morgan fingerprint density at radius 1 is 1.42 bits per heavy atom. The van der Waals surface area contributed by atoms with Crippen LogP contribution < -0.4 is 0 Å². The second kappa shape index (κ2) is 7.10. The van der Waals surface area contributed by atoms with Gasteiger partial charge < -0.3 is 9.47 Å². The largest absolute Gasteiger partial charge is 0.464 e. The molecule has 0 heterocycles. The molecule has 0 aromatic carbocycles. The second-order valence-corrected chi connectivity index (χ2v) is 2.65. The molecule has 0 saturated heterocycles. The number of hydrogen-bond donors (Lipinski definition) is 0. The summed E-state index contributed by atoms with van der Waals surface area (Å²) in [6.45, 7) is 4.46. The number of carbonyl (C=O) groups excluding carboxylic acids is 1. The zero-order valence-electron chi connectivity index (χ0n) is 8.13. The van der Waals surface area contributed by atoms with E-state index in [9.17, 15) is 4.79 Å². The fourth-order valence-electron chi connectivity index (χ4n) is 0.840. The predicted octanol–water partition coefficient (Wildman–Crippen LogP) is 1.75. The van der Waals surface area contributed by atoms with Gasteiger partial charge in [0.1, 0.15) is 0 Å². The summed E-state index contributed by atoms with van der Waals surface area (Å²) in [5, 5.41) is 0. The Morgan fingerprint density at radius 3 is 2.50 bits per heavy atom. The number of ether oxygens (including phenoxy) is 2. The molecule has 0 radical (unpaired) electrons. The van der Waals surface area contributed by atoms with Crippen molar-refractivity contribution in [1.29, 1.82) is 0 Å². The molecular formula is C9H18O3. The van der Waals surface area contributed by atoms with Crippen molar-refractivity contribution in [2.45, 2.75) is 39.2 Å². The fourth-order valence-corrected chi connectivity index (χ4v) is 0.840. The van der Waals surface area contributed by atoms with Crippen molar-refractivity contribution < 1.29 is 14.3 Å². The Kier molecular flexibility index (Phi) is 6.76. The Morgan fingerprint density at radius 2 is 2.08 bits per heavy atom. The molecule has 0 saturated carbocycles. The van der Waals surface area contributed by atoms with Crippen molar-refractivity contribution in [3.8, 4) is 0 Å². The Labute approximate surface area is 74.0 Å². The van der Waals surface area contributed by atoms with Crippen molar-refractivity contribution >= 4 is 5.97 Å². The van der Waals surface area contributed by atoms with E-state index in [0.29, 0.717) is 13.0 Å².